The van der Waals surface area contributed by atoms with Crippen LogP contribution in [0, 0.1) is 0 Å². The minimum absolute atomic E-state index is 0.0902. The Bertz CT molecular complexity index is 234. The highest BCUT2D eigenvalue weighted by atomic mass is 16.5. The summed E-state index contributed by atoms with van der Waals surface area (Å²) in [5.74, 6) is 0.963. The van der Waals surface area contributed by atoms with Gasteiger partial charge >= 0.3 is 0 Å². The second-order valence-corrected chi connectivity index (χ2v) is 2.55. The van der Waals surface area contributed by atoms with E-state index in [1.54, 1.807) is 0 Å². The van der Waals surface area contributed by atoms with Crippen LogP contribution in [0.4, 0.5) is 0 Å². The van der Waals surface area contributed by atoms with Crippen LogP contribution in [0.5, 0.6) is 5.75 Å². The van der Waals surface area contributed by atoms with E-state index in [1.165, 1.54) is 5.56 Å². The molecule has 1 aromatic rings. The van der Waals surface area contributed by atoms with Crippen molar-refractivity contribution in [2.75, 3.05) is 0 Å². The maximum absolute atomic E-state index is 7.15. The molecule has 0 saturated carbocycles. The van der Waals surface area contributed by atoms with Gasteiger partial charge in [0.1, 0.15) is 11.9 Å². The molecular formula is C9H10O. The van der Waals surface area contributed by atoms with Crippen LogP contribution in [0.15, 0.2) is 24.3 Å². The van der Waals surface area contributed by atoms with Crippen LogP contribution in [0.1, 0.15) is 13.8 Å². The molecule has 0 amide bonds. The van der Waals surface area contributed by atoms with Crippen LogP contribution in [-0.2, 0) is 6.42 Å². The van der Waals surface area contributed by atoms with Gasteiger partial charge < -0.3 is 4.74 Å². The van der Waals surface area contributed by atoms with E-state index in [0.717, 1.165) is 12.2 Å². The van der Waals surface area contributed by atoms with Gasteiger partial charge in [0.15, 0.2) is 0 Å². The Morgan fingerprint density at radius 2 is 2.50 bits per heavy atom. The Morgan fingerprint density at radius 1 is 1.60 bits per heavy atom. The Labute approximate surface area is 62.0 Å². The third kappa shape index (κ3) is 0.783. The van der Waals surface area contributed by atoms with Gasteiger partial charge in [-0.05, 0) is 18.5 Å². The van der Waals surface area contributed by atoms with E-state index < -0.39 is 0 Å². The largest absolute Gasteiger partial charge is 0.490 e. The second kappa shape index (κ2) is 2.01. The maximum atomic E-state index is 7.15. The summed E-state index contributed by atoms with van der Waals surface area (Å²) in [4.78, 5) is 0. The fourth-order valence-electron chi connectivity index (χ4n) is 1.25. The molecule has 1 heteroatoms. The summed E-state index contributed by atoms with van der Waals surface area (Å²) in [6.45, 7) is 0.356. The van der Waals surface area contributed by atoms with Crippen LogP contribution in [0.2, 0.25) is 0 Å². The van der Waals surface area contributed by atoms with E-state index in [4.69, 9.17) is 6.11 Å². The van der Waals surface area contributed by atoms with E-state index in [0.29, 0.717) is 6.90 Å². The summed E-state index contributed by atoms with van der Waals surface area (Å²) in [5, 5.41) is 0. The average molecular weight is 136 g/mol. The van der Waals surface area contributed by atoms with Crippen LogP contribution < -0.4 is 4.74 Å². The first-order chi connectivity index (χ1) is 5.40. The molecule has 1 atom stereocenters. The van der Waals surface area contributed by atoms with Crippen LogP contribution in [0.3, 0.4) is 0 Å². The van der Waals surface area contributed by atoms with E-state index in [2.05, 4.69) is 6.07 Å². The molecule has 2 rings (SSSR count). The molecule has 0 aromatic heterocycles. The van der Waals surface area contributed by atoms with Crippen molar-refractivity contribution in [1.82, 2.24) is 0 Å². The predicted octanol–water partition coefficient (Wildman–Crippen LogP) is 2.01. The van der Waals surface area contributed by atoms with Gasteiger partial charge in [-0.2, -0.15) is 0 Å². The molecule has 10 heavy (non-hydrogen) atoms. The van der Waals surface area contributed by atoms with Crippen molar-refractivity contribution in [2.45, 2.75) is 19.4 Å². The Kier molecular flexibility index (Phi) is 0.961. The highest BCUT2D eigenvalue weighted by molar-refractivity contribution is 5.36. The fourth-order valence-corrected chi connectivity index (χ4v) is 1.25. The number of ether oxygens (including phenoxy) is 1. The number of hydrogen-bond donors (Lipinski definition) is 0. The van der Waals surface area contributed by atoms with E-state index in [9.17, 15) is 0 Å². The van der Waals surface area contributed by atoms with E-state index in [1.807, 2.05) is 18.2 Å². The molecular weight excluding hydrogens is 124 g/mol. The Morgan fingerprint density at radius 3 is 3.30 bits per heavy atom. The average Bonchev–Trinajstić information content (AvgIpc) is 2.46. The third-order valence-corrected chi connectivity index (χ3v) is 1.71. The van der Waals surface area contributed by atoms with E-state index >= 15 is 0 Å². The van der Waals surface area contributed by atoms with Crippen molar-refractivity contribution in [3.8, 4) is 5.75 Å². The number of para-hydroxylation sites is 1. The molecule has 1 nitrogen and oxygen atoms in total. The number of fused-ring (bicyclic) bond motifs is 1. The summed E-state index contributed by atoms with van der Waals surface area (Å²) >= 11 is 0. The third-order valence-electron chi connectivity index (χ3n) is 1.71. The molecule has 0 spiro atoms. The highest BCUT2D eigenvalue weighted by Gasteiger charge is 2.16. The summed E-state index contributed by atoms with van der Waals surface area (Å²) in [5.41, 5.74) is 1.24. The minimum atomic E-state index is 0.0902. The Balaban J connectivity index is 2.27. The van der Waals surface area contributed by atoms with Gasteiger partial charge in [0.25, 0.3) is 0 Å². The van der Waals surface area contributed by atoms with Crippen LogP contribution in [0.25, 0.3) is 0 Å². The lowest BCUT2D eigenvalue weighted by Gasteiger charge is -2.00. The molecule has 0 aliphatic carbocycles. The lowest BCUT2D eigenvalue weighted by molar-refractivity contribution is 0.254. The maximum Gasteiger partial charge on any atom is 0.123 e. The first-order valence-electron chi connectivity index (χ1n) is 4.14. The number of benzene rings is 1. The van der Waals surface area contributed by atoms with Crippen molar-refractivity contribution >= 4 is 0 Å². The summed E-state index contributed by atoms with van der Waals surface area (Å²) < 4.78 is 12.6. The van der Waals surface area contributed by atoms with Gasteiger partial charge in [-0.3, -0.25) is 0 Å². The van der Waals surface area contributed by atoms with Crippen LogP contribution in [-0.4, -0.2) is 6.10 Å². The summed E-state index contributed by atoms with van der Waals surface area (Å²) in [6, 6.07) is 8.00. The van der Waals surface area contributed by atoms with Gasteiger partial charge in [-0.25, -0.2) is 0 Å². The van der Waals surface area contributed by atoms with Crippen molar-refractivity contribution in [2.24, 2.45) is 0 Å². The minimum Gasteiger partial charge on any atom is -0.490 e. The van der Waals surface area contributed by atoms with Gasteiger partial charge in [0.2, 0.25) is 0 Å². The molecule has 0 fully saturated rings. The lowest BCUT2D eigenvalue weighted by atomic mass is 10.1. The van der Waals surface area contributed by atoms with Crippen molar-refractivity contribution < 1.29 is 6.11 Å². The zero-order valence-corrected chi connectivity index (χ0v) is 5.71. The fraction of sp³-hybridized carbons (Fsp3) is 0.333. The summed E-state index contributed by atoms with van der Waals surface area (Å²) in [7, 11) is 0. The SMILES string of the molecule is [3H]CC1Cc2ccccc2O1. The van der Waals surface area contributed by atoms with Gasteiger partial charge in [0.05, 0.1) is 0 Å². The zero-order valence-electron chi connectivity index (χ0n) is 6.71. The number of hydrogen-bond acceptors (Lipinski definition) is 1. The molecule has 0 bridgehead atoms. The zero-order chi connectivity index (χ0) is 7.68. The monoisotopic (exact) mass is 136 g/mol. The smallest absolute Gasteiger partial charge is 0.123 e. The summed E-state index contributed by atoms with van der Waals surface area (Å²) in [6.07, 6.45) is 0.993. The normalized spacial score (nSPS) is 23.2. The molecule has 0 saturated heterocycles. The predicted molar refractivity (Wildman–Crippen MR) is 40.2 cm³/mol. The van der Waals surface area contributed by atoms with Crippen molar-refractivity contribution in [1.29, 1.82) is 0 Å². The molecule has 1 unspecified atom stereocenters. The number of rotatable bonds is 0. The van der Waals surface area contributed by atoms with Crippen molar-refractivity contribution in [3.63, 3.8) is 0 Å². The van der Waals surface area contributed by atoms with Gasteiger partial charge in [0, 0.05) is 7.79 Å². The molecule has 52 valence electrons. The molecule has 1 aromatic carbocycles. The van der Waals surface area contributed by atoms with Gasteiger partial charge in [-0.15, -0.1) is 0 Å². The lowest BCUT2D eigenvalue weighted by Crippen LogP contribution is -2.05. The standard InChI is InChI=1S/C9H10O/c1-7-6-8-4-2-3-5-9(8)10-7/h2-5,7H,6H2,1H3/i1T. The highest BCUT2D eigenvalue weighted by Crippen LogP contribution is 2.27. The van der Waals surface area contributed by atoms with Crippen LogP contribution >= 0.6 is 0 Å². The quantitative estimate of drug-likeness (QED) is 0.530. The topological polar surface area (TPSA) is 9.23 Å². The molecule has 0 N–H and O–H groups in total. The van der Waals surface area contributed by atoms with Gasteiger partial charge in [-0.1, -0.05) is 18.2 Å². The first kappa shape index (κ1) is 4.78. The first-order valence-corrected chi connectivity index (χ1v) is 3.44. The molecule has 0 radical (unpaired) electrons. The Hall–Kier alpha value is -0.980. The molecule has 1 heterocycles. The van der Waals surface area contributed by atoms with E-state index in [-0.39, 0.29) is 6.10 Å². The van der Waals surface area contributed by atoms with Crippen molar-refractivity contribution in [3.05, 3.63) is 29.8 Å². The molecule has 1 aliphatic rings. The second-order valence-electron chi connectivity index (χ2n) is 2.55. The molecule has 1 aliphatic heterocycles.